The number of urea groups is 1. The summed E-state index contributed by atoms with van der Waals surface area (Å²) >= 11 is 3.37. The summed E-state index contributed by atoms with van der Waals surface area (Å²) in [4.78, 5) is 24.7. The quantitative estimate of drug-likeness (QED) is 0.728. The van der Waals surface area contributed by atoms with Crippen molar-refractivity contribution >= 4 is 33.6 Å². The van der Waals surface area contributed by atoms with Gasteiger partial charge in [-0.05, 0) is 43.7 Å². The van der Waals surface area contributed by atoms with Gasteiger partial charge in [0.2, 0.25) is 0 Å². The van der Waals surface area contributed by atoms with Gasteiger partial charge in [0, 0.05) is 15.9 Å². The molecule has 3 rings (SSSR count). The van der Waals surface area contributed by atoms with Gasteiger partial charge >= 0.3 is 6.03 Å². The lowest BCUT2D eigenvalue weighted by molar-refractivity contribution is -0.113. The van der Waals surface area contributed by atoms with E-state index in [2.05, 4.69) is 31.9 Å². The van der Waals surface area contributed by atoms with Crippen LogP contribution in [-0.4, -0.2) is 11.9 Å². The highest BCUT2D eigenvalue weighted by atomic mass is 79.9. The van der Waals surface area contributed by atoms with Gasteiger partial charge in [-0.25, -0.2) is 4.79 Å². The Labute approximate surface area is 154 Å². The van der Waals surface area contributed by atoms with E-state index in [1.54, 1.807) is 6.92 Å². The Morgan fingerprint density at radius 1 is 1.04 bits per heavy atom. The molecule has 0 fully saturated rings. The standard InChI is InChI=1S/C19H18BrN3O2/c1-11-3-5-13(6-4-11)17-16(12(2)21-19(25)23-17)18(24)22-15-9-7-14(20)8-10-15/h3-10,17H,1-2H3,(H,22,24)(H2,21,23,25)/t17-/m0/s1. The van der Waals surface area contributed by atoms with Crippen molar-refractivity contribution in [1.82, 2.24) is 10.6 Å². The fourth-order valence-corrected chi connectivity index (χ4v) is 3.00. The second-order valence-corrected chi connectivity index (χ2v) is 6.86. The van der Waals surface area contributed by atoms with E-state index in [-0.39, 0.29) is 11.9 Å². The summed E-state index contributed by atoms with van der Waals surface area (Å²) in [6.45, 7) is 3.73. The Morgan fingerprint density at radius 3 is 2.32 bits per heavy atom. The minimum Gasteiger partial charge on any atom is -0.327 e. The van der Waals surface area contributed by atoms with E-state index in [0.29, 0.717) is 17.0 Å². The van der Waals surface area contributed by atoms with E-state index in [0.717, 1.165) is 15.6 Å². The van der Waals surface area contributed by atoms with Crippen LogP contribution in [0.15, 0.2) is 64.3 Å². The van der Waals surface area contributed by atoms with Gasteiger partial charge in [0.15, 0.2) is 0 Å². The molecule has 0 radical (unpaired) electrons. The normalized spacial score (nSPS) is 16.9. The number of carbonyl (C=O) groups is 2. The van der Waals surface area contributed by atoms with Gasteiger partial charge < -0.3 is 16.0 Å². The predicted octanol–water partition coefficient (Wildman–Crippen LogP) is 4.02. The molecule has 3 N–H and O–H groups in total. The lowest BCUT2D eigenvalue weighted by atomic mass is 9.94. The summed E-state index contributed by atoms with van der Waals surface area (Å²) in [5.41, 5.74) is 3.70. The maximum Gasteiger partial charge on any atom is 0.319 e. The number of nitrogens with one attached hydrogen (secondary N) is 3. The highest BCUT2D eigenvalue weighted by Crippen LogP contribution is 2.28. The molecule has 1 aliphatic heterocycles. The van der Waals surface area contributed by atoms with Crippen molar-refractivity contribution in [3.8, 4) is 0 Å². The van der Waals surface area contributed by atoms with E-state index < -0.39 is 6.04 Å². The third-order valence-corrected chi connectivity index (χ3v) is 4.56. The SMILES string of the molecule is CC1=C(C(=O)Nc2ccc(Br)cc2)[C@H](c2ccc(C)cc2)NC(=O)N1. The zero-order chi connectivity index (χ0) is 18.0. The van der Waals surface area contributed by atoms with Crippen molar-refractivity contribution in [2.45, 2.75) is 19.9 Å². The number of amides is 3. The first-order chi connectivity index (χ1) is 11.9. The van der Waals surface area contributed by atoms with E-state index in [9.17, 15) is 9.59 Å². The number of hydrogen-bond acceptors (Lipinski definition) is 2. The summed E-state index contributed by atoms with van der Waals surface area (Å²) in [5, 5.41) is 8.40. The highest BCUT2D eigenvalue weighted by molar-refractivity contribution is 9.10. The van der Waals surface area contributed by atoms with Crippen molar-refractivity contribution in [3.63, 3.8) is 0 Å². The van der Waals surface area contributed by atoms with Crippen LogP contribution in [0.3, 0.4) is 0 Å². The molecule has 1 atom stereocenters. The Bertz CT molecular complexity index is 842. The number of benzene rings is 2. The maximum absolute atomic E-state index is 12.8. The van der Waals surface area contributed by atoms with Gasteiger partial charge in [-0.1, -0.05) is 45.8 Å². The number of rotatable bonds is 3. The molecule has 3 amide bonds. The molecule has 25 heavy (non-hydrogen) atoms. The maximum atomic E-state index is 12.8. The molecule has 5 nitrogen and oxygen atoms in total. The summed E-state index contributed by atoms with van der Waals surface area (Å²) in [6, 6.07) is 14.3. The summed E-state index contributed by atoms with van der Waals surface area (Å²) in [5.74, 6) is -0.252. The Morgan fingerprint density at radius 2 is 1.68 bits per heavy atom. The molecule has 2 aromatic rings. The topological polar surface area (TPSA) is 70.2 Å². The summed E-state index contributed by atoms with van der Waals surface area (Å²) < 4.78 is 0.935. The second kappa shape index (κ2) is 7.11. The van der Waals surface area contributed by atoms with Gasteiger partial charge in [-0.3, -0.25) is 4.79 Å². The van der Waals surface area contributed by atoms with Crippen molar-refractivity contribution < 1.29 is 9.59 Å². The number of carbonyl (C=O) groups excluding carboxylic acids is 2. The van der Waals surface area contributed by atoms with Crippen LogP contribution < -0.4 is 16.0 Å². The van der Waals surface area contributed by atoms with Crippen LogP contribution in [-0.2, 0) is 4.79 Å². The third-order valence-electron chi connectivity index (χ3n) is 4.03. The van der Waals surface area contributed by atoms with Crippen LogP contribution in [0.4, 0.5) is 10.5 Å². The minimum atomic E-state index is -0.496. The largest absolute Gasteiger partial charge is 0.327 e. The molecular weight excluding hydrogens is 382 g/mol. The lowest BCUT2D eigenvalue weighted by Crippen LogP contribution is -2.45. The average molecular weight is 400 g/mol. The number of aryl methyl sites for hydroxylation is 1. The molecule has 6 heteroatoms. The number of allylic oxidation sites excluding steroid dienone is 1. The zero-order valence-corrected chi connectivity index (χ0v) is 15.5. The fourth-order valence-electron chi connectivity index (χ4n) is 2.74. The summed E-state index contributed by atoms with van der Waals surface area (Å²) in [6.07, 6.45) is 0. The first kappa shape index (κ1) is 17.2. The first-order valence-electron chi connectivity index (χ1n) is 7.86. The molecule has 2 aromatic carbocycles. The smallest absolute Gasteiger partial charge is 0.319 e. The lowest BCUT2D eigenvalue weighted by Gasteiger charge is -2.28. The van der Waals surface area contributed by atoms with Crippen molar-refractivity contribution in [2.24, 2.45) is 0 Å². The number of hydrogen-bond donors (Lipinski definition) is 3. The van der Waals surface area contributed by atoms with Crippen molar-refractivity contribution in [2.75, 3.05) is 5.32 Å². The number of halogens is 1. The van der Waals surface area contributed by atoms with E-state index >= 15 is 0 Å². The van der Waals surface area contributed by atoms with E-state index in [1.165, 1.54) is 0 Å². The van der Waals surface area contributed by atoms with Gasteiger partial charge in [-0.15, -0.1) is 0 Å². The molecule has 0 aliphatic carbocycles. The molecule has 0 aromatic heterocycles. The molecule has 0 saturated heterocycles. The number of anilines is 1. The Kier molecular flexibility index (Phi) is 4.90. The third kappa shape index (κ3) is 3.91. The average Bonchev–Trinajstić information content (AvgIpc) is 2.57. The molecular formula is C19H18BrN3O2. The molecule has 0 bridgehead atoms. The molecule has 1 heterocycles. The minimum absolute atomic E-state index is 0.252. The van der Waals surface area contributed by atoms with Crippen molar-refractivity contribution in [3.05, 3.63) is 75.4 Å². The Hall–Kier alpha value is -2.60. The van der Waals surface area contributed by atoms with Crippen molar-refractivity contribution in [1.29, 1.82) is 0 Å². The molecule has 0 spiro atoms. The fraction of sp³-hybridized carbons (Fsp3) is 0.158. The van der Waals surface area contributed by atoms with Crippen LogP contribution in [0.5, 0.6) is 0 Å². The Balaban J connectivity index is 1.92. The van der Waals surface area contributed by atoms with Gasteiger partial charge in [0.25, 0.3) is 5.91 Å². The van der Waals surface area contributed by atoms with Crippen LogP contribution >= 0.6 is 15.9 Å². The van der Waals surface area contributed by atoms with Crippen LogP contribution in [0.2, 0.25) is 0 Å². The van der Waals surface area contributed by atoms with Crippen LogP contribution in [0.1, 0.15) is 24.1 Å². The van der Waals surface area contributed by atoms with Gasteiger partial charge in [0.1, 0.15) is 0 Å². The zero-order valence-electron chi connectivity index (χ0n) is 13.9. The summed E-state index contributed by atoms with van der Waals surface area (Å²) in [7, 11) is 0. The van der Waals surface area contributed by atoms with Crippen LogP contribution in [0, 0.1) is 6.92 Å². The van der Waals surface area contributed by atoms with E-state index in [4.69, 9.17) is 0 Å². The monoisotopic (exact) mass is 399 g/mol. The van der Waals surface area contributed by atoms with Crippen LogP contribution in [0.25, 0.3) is 0 Å². The van der Waals surface area contributed by atoms with E-state index in [1.807, 2.05) is 55.5 Å². The second-order valence-electron chi connectivity index (χ2n) is 5.94. The molecule has 1 aliphatic rings. The molecule has 128 valence electrons. The highest BCUT2D eigenvalue weighted by Gasteiger charge is 2.31. The molecule has 0 unspecified atom stereocenters. The first-order valence-corrected chi connectivity index (χ1v) is 8.65. The molecule has 0 saturated carbocycles. The predicted molar refractivity (Wildman–Crippen MR) is 101 cm³/mol. The van der Waals surface area contributed by atoms with Gasteiger partial charge in [0.05, 0.1) is 11.6 Å². The van der Waals surface area contributed by atoms with Gasteiger partial charge in [-0.2, -0.15) is 0 Å².